The molecule has 0 aliphatic rings. The summed E-state index contributed by atoms with van der Waals surface area (Å²) in [5.41, 5.74) is 0.899. The molecular weight excluding hydrogens is 318 g/mol. The highest BCUT2D eigenvalue weighted by atomic mass is 16.5. The minimum Gasteiger partial charge on any atom is -0.493 e. The lowest BCUT2D eigenvalue weighted by molar-refractivity contribution is 0.109. The maximum atomic E-state index is 5.58. The fourth-order valence-corrected chi connectivity index (χ4v) is 2.14. The smallest absolute Gasteiger partial charge is 0.195 e. The zero-order valence-corrected chi connectivity index (χ0v) is 16.2. The lowest BCUT2D eigenvalue weighted by Crippen LogP contribution is -2.30. The molecule has 6 nitrogen and oxygen atoms in total. The molecule has 25 heavy (non-hydrogen) atoms. The third-order valence-electron chi connectivity index (χ3n) is 3.24. The number of anilines is 1. The van der Waals surface area contributed by atoms with Gasteiger partial charge in [0.05, 0.1) is 13.7 Å². The molecule has 6 heteroatoms. The normalized spacial score (nSPS) is 11.5. The van der Waals surface area contributed by atoms with Gasteiger partial charge in [-0.2, -0.15) is 0 Å². The van der Waals surface area contributed by atoms with Crippen LogP contribution in [0.2, 0.25) is 0 Å². The van der Waals surface area contributed by atoms with Crippen LogP contribution in [0.5, 0.6) is 11.5 Å². The number of guanidine groups is 1. The minimum atomic E-state index is 0.567. The molecule has 0 aliphatic heterocycles. The Morgan fingerprint density at radius 3 is 2.64 bits per heavy atom. The Kier molecular flexibility index (Phi) is 10.5. The Morgan fingerprint density at radius 2 is 2.00 bits per heavy atom. The molecule has 1 rings (SSSR count). The third kappa shape index (κ3) is 8.63. The second kappa shape index (κ2) is 12.4. The Bertz CT molecular complexity index is 519. The lowest BCUT2D eigenvalue weighted by atomic mass is 10.2. The van der Waals surface area contributed by atoms with Gasteiger partial charge < -0.3 is 24.8 Å². The summed E-state index contributed by atoms with van der Waals surface area (Å²) < 4.78 is 16.5. The number of methoxy groups -OCH3 is 1. The molecule has 2 N–H and O–H groups in total. The summed E-state index contributed by atoms with van der Waals surface area (Å²) in [4.78, 5) is 4.58. The van der Waals surface area contributed by atoms with Gasteiger partial charge in [0, 0.05) is 38.1 Å². The van der Waals surface area contributed by atoms with Crippen LogP contribution in [0.4, 0.5) is 5.69 Å². The summed E-state index contributed by atoms with van der Waals surface area (Å²) in [5.74, 6) is 2.75. The van der Waals surface area contributed by atoms with Crippen molar-refractivity contribution in [2.24, 2.45) is 10.9 Å². The van der Waals surface area contributed by atoms with Gasteiger partial charge in [0.1, 0.15) is 0 Å². The molecule has 0 aliphatic carbocycles. The van der Waals surface area contributed by atoms with Crippen molar-refractivity contribution in [1.82, 2.24) is 5.32 Å². The number of nitrogens with one attached hydrogen (secondary N) is 2. The maximum Gasteiger partial charge on any atom is 0.195 e. The van der Waals surface area contributed by atoms with E-state index >= 15 is 0 Å². The third-order valence-corrected chi connectivity index (χ3v) is 3.24. The Labute approximate surface area is 152 Å². The first-order chi connectivity index (χ1) is 12.1. The molecule has 0 fully saturated rings. The van der Waals surface area contributed by atoms with Crippen LogP contribution in [0.25, 0.3) is 0 Å². The molecule has 142 valence electrons. The lowest BCUT2D eigenvalue weighted by Gasteiger charge is -2.14. The highest BCUT2D eigenvalue weighted by Crippen LogP contribution is 2.30. The molecule has 0 atom stereocenters. The molecule has 0 amide bonds. The monoisotopic (exact) mass is 351 g/mol. The molecule has 0 bridgehead atoms. The summed E-state index contributed by atoms with van der Waals surface area (Å²) in [7, 11) is 1.64. The van der Waals surface area contributed by atoms with Crippen LogP contribution in [-0.4, -0.2) is 46.0 Å². The van der Waals surface area contributed by atoms with Gasteiger partial charge in [-0.3, -0.25) is 4.99 Å². The first-order valence-corrected chi connectivity index (χ1v) is 9.04. The molecule has 0 saturated carbocycles. The highest BCUT2D eigenvalue weighted by Gasteiger charge is 2.06. The summed E-state index contributed by atoms with van der Waals surface area (Å²) >= 11 is 0. The molecule has 0 spiro atoms. The largest absolute Gasteiger partial charge is 0.493 e. The average Bonchev–Trinajstić information content (AvgIpc) is 2.59. The predicted molar refractivity (Wildman–Crippen MR) is 104 cm³/mol. The van der Waals surface area contributed by atoms with Gasteiger partial charge in [0.25, 0.3) is 0 Å². The van der Waals surface area contributed by atoms with Gasteiger partial charge in [0.15, 0.2) is 17.5 Å². The molecular formula is C19H33N3O3. The first kappa shape index (κ1) is 21.1. The molecule has 1 aromatic carbocycles. The van der Waals surface area contributed by atoms with Crippen molar-refractivity contribution in [2.75, 3.05) is 45.3 Å². The van der Waals surface area contributed by atoms with Gasteiger partial charge in [-0.25, -0.2) is 0 Å². The molecule has 0 unspecified atom stereocenters. The Balaban J connectivity index is 2.59. The fourth-order valence-electron chi connectivity index (χ4n) is 2.14. The number of rotatable bonds is 11. The summed E-state index contributed by atoms with van der Waals surface area (Å²) in [6.45, 7) is 11.9. The van der Waals surface area contributed by atoms with E-state index in [1.54, 1.807) is 7.11 Å². The number of aliphatic imine (C=N–C) groups is 1. The molecule has 0 saturated heterocycles. The highest BCUT2D eigenvalue weighted by molar-refractivity contribution is 5.93. The minimum absolute atomic E-state index is 0.567. The van der Waals surface area contributed by atoms with E-state index in [4.69, 9.17) is 14.2 Å². The van der Waals surface area contributed by atoms with Gasteiger partial charge >= 0.3 is 0 Å². The van der Waals surface area contributed by atoms with Crippen LogP contribution in [0.1, 0.15) is 34.1 Å². The van der Waals surface area contributed by atoms with Crippen molar-refractivity contribution in [1.29, 1.82) is 0 Å². The van der Waals surface area contributed by atoms with E-state index in [0.717, 1.165) is 43.6 Å². The van der Waals surface area contributed by atoms with Gasteiger partial charge in [0.2, 0.25) is 0 Å². The topological polar surface area (TPSA) is 64.1 Å². The van der Waals surface area contributed by atoms with Crippen molar-refractivity contribution in [3.8, 4) is 11.5 Å². The van der Waals surface area contributed by atoms with Crippen LogP contribution in [0.15, 0.2) is 23.2 Å². The van der Waals surface area contributed by atoms with E-state index in [9.17, 15) is 0 Å². The molecule has 1 aromatic rings. The van der Waals surface area contributed by atoms with E-state index in [1.807, 2.05) is 32.0 Å². The number of hydrogen-bond donors (Lipinski definition) is 2. The van der Waals surface area contributed by atoms with Crippen LogP contribution < -0.4 is 20.1 Å². The van der Waals surface area contributed by atoms with Crippen LogP contribution >= 0.6 is 0 Å². The number of hydrogen-bond acceptors (Lipinski definition) is 4. The average molecular weight is 351 g/mol. The van der Waals surface area contributed by atoms with E-state index in [0.29, 0.717) is 24.8 Å². The van der Waals surface area contributed by atoms with Crippen molar-refractivity contribution in [3.63, 3.8) is 0 Å². The van der Waals surface area contributed by atoms with Crippen LogP contribution in [0, 0.1) is 5.92 Å². The standard InChI is InChI=1S/C19H33N3O3/c1-6-20-19(21-11-8-12-24-14-15(3)4)22-16-9-10-17(25-7-2)18(13-16)23-5/h9-10,13,15H,6-8,11-12,14H2,1-5H3,(H2,20,21,22). The van der Waals surface area contributed by atoms with Gasteiger partial charge in [-0.1, -0.05) is 13.8 Å². The number of nitrogens with zero attached hydrogens (tertiary/aromatic N) is 1. The fraction of sp³-hybridized carbons (Fsp3) is 0.632. The molecule has 0 aromatic heterocycles. The van der Waals surface area contributed by atoms with Crippen molar-refractivity contribution in [3.05, 3.63) is 18.2 Å². The quantitative estimate of drug-likeness (QED) is 0.363. The number of benzene rings is 1. The molecule has 0 radical (unpaired) electrons. The SMILES string of the molecule is CCNC(=NCCCOCC(C)C)Nc1ccc(OCC)c(OC)c1. The second-order valence-corrected chi connectivity index (χ2v) is 6.01. The second-order valence-electron chi connectivity index (χ2n) is 6.01. The zero-order chi connectivity index (χ0) is 18.5. The van der Waals surface area contributed by atoms with Crippen molar-refractivity contribution in [2.45, 2.75) is 34.1 Å². The van der Waals surface area contributed by atoms with E-state index in [1.165, 1.54) is 0 Å². The van der Waals surface area contributed by atoms with Crippen LogP contribution in [0.3, 0.4) is 0 Å². The van der Waals surface area contributed by atoms with Crippen molar-refractivity contribution < 1.29 is 14.2 Å². The summed E-state index contributed by atoms with van der Waals surface area (Å²) in [5, 5.41) is 6.54. The van der Waals surface area contributed by atoms with Crippen LogP contribution in [-0.2, 0) is 4.74 Å². The zero-order valence-electron chi connectivity index (χ0n) is 16.2. The van der Waals surface area contributed by atoms with Gasteiger partial charge in [-0.15, -0.1) is 0 Å². The van der Waals surface area contributed by atoms with Crippen molar-refractivity contribution >= 4 is 11.6 Å². The Hall–Kier alpha value is -1.95. The first-order valence-electron chi connectivity index (χ1n) is 9.04. The Morgan fingerprint density at radius 1 is 1.20 bits per heavy atom. The summed E-state index contributed by atoms with van der Waals surface area (Å²) in [6.07, 6.45) is 0.899. The maximum absolute atomic E-state index is 5.58. The number of ether oxygens (including phenoxy) is 3. The van der Waals surface area contributed by atoms with E-state index in [2.05, 4.69) is 29.5 Å². The molecule has 0 heterocycles. The van der Waals surface area contributed by atoms with E-state index < -0.39 is 0 Å². The van der Waals surface area contributed by atoms with E-state index in [-0.39, 0.29) is 0 Å². The summed E-state index contributed by atoms with van der Waals surface area (Å²) in [6, 6.07) is 5.75. The predicted octanol–water partition coefficient (Wildman–Crippen LogP) is 3.53. The van der Waals surface area contributed by atoms with Gasteiger partial charge in [-0.05, 0) is 38.3 Å².